The fourth-order valence-corrected chi connectivity index (χ4v) is 4.49. The number of nitro benzene ring substituents is 2. The van der Waals surface area contributed by atoms with E-state index in [1.165, 1.54) is 24.3 Å². The van der Waals surface area contributed by atoms with Gasteiger partial charge in [-0.05, 0) is 45.5 Å². The topological polar surface area (TPSA) is 110 Å². The lowest BCUT2D eigenvalue weighted by Gasteiger charge is -2.26. The Labute approximate surface area is 201 Å². The van der Waals surface area contributed by atoms with Crippen molar-refractivity contribution in [2.45, 2.75) is 19.2 Å². The molecule has 174 valence electrons. The Morgan fingerprint density at radius 2 is 1.20 bits per heavy atom. The van der Waals surface area contributed by atoms with Gasteiger partial charge in [-0.1, -0.05) is 54.6 Å². The van der Waals surface area contributed by atoms with Crippen LogP contribution in [0.25, 0.3) is 11.1 Å². The molecule has 0 unspecified atom stereocenters. The molecule has 8 heteroatoms. The minimum absolute atomic E-state index is 0.0223. The molecule has 1 atom stereocenters. The lowest BCUT2D eigenvalue weighted by Crippen LogP contribution is -2.22. The summed E-state index contributed by atoms with van der Waals surface area (Å²) in [5.74, 6) is 0. The number of nitrogens with zero attached hydrogens (tertiary/aromatic N) is 3. The summed E-state index contributed by atoms with van der Waals surface area (Å²) in [7, 11) is 0. The van der Waals surface area contributed by atoms with Crippen LogP contribution in [-0.2, 0) is 13.1 Å². The lowest BCUT2D eigenvalue weighted by atomic mass is 10.0. The number of rotatable bonds is 7. The summed E-state index contributed by atoms with van der Waals surface area (Å²) >= 11 is 0. The molecule has 4 aromatic carbocycles. The first-order chi connectivity index (χ1) is 16.9. The molecule has 0 heterocycles. The lowest BCUT2D eigenvalue weighted by molar-refractivity contribution is -0.385. The molecule has 35 heavy (non-hydrogen) atoms. The third-order valence-corrected chi connectivity index (χ3v) is 6.28. The summed E-state index contributed by atoms with van der Waals surface area (Å²) in [6.45, 7) is 0.910. The second kappa shape index (κ2) is 9.00. The standard InChI is InChI=1S/C27H21N3O5/c31-27-25-4-2-1-3-23(25)24-14-13-22(15-26(24)27)28(16-18-5-9-20(10-6-18)29(32)33)17-19-7-11-21(12-8-19)30(34)35/h1-15,27,31H,16-17H2/t27-/m0/s1. The maximum Gasteiger partial charge on any atom is 0.269 e. The number of non-ortho nitro benzene ring substituents is 2. The highest BCUT2D eigenvalue weighted by molar-refractivity contribution is 5.80. The van der Waals surface area contributed by atoms with Gasteiger partial charge in [0, 0.05) is 43.0 Å². The average molecular weight is 467 g/mol. The molecule has 5 rings (SSSR count). The highest BCUT2D eigenvalue weighted by Gasteiger charge is 2.27. The van der Waals surface area contributed by atoms with Crippen molar-refractivity contribution in [3.8, 4) is 11.1 Å². The Kier molecular flexibility index (Phi) is 5.72. The van der Waals surface area contributed by atoms with Gasteiger partial charge in [0.2, 0.25) is 0 Å². The summed E-state index contributed by atoms with van der Waals surface area (Å²) in [6, 6.07) is 26.5. The van der Waals surface area contributed by atoms with Crippen molar-refractivity contribution in [1.82, 2.24) is 0 Å². The average Bonchev–Trinajstić information content (AvgIpc) is 3.16. The molecule has 0 radical (unpaired) electrons. The van der Waals surface area contributed by atoms with Gasteiger partial charge in [-0.15, -0.1) is 0 Å². The summed E-state index contributed by atoms with van der Waals surface area (Å²) < 4.78 is 0. The molecule has 1 aliphatic carbocycles. The Morgan fingerprint density at radius 1 is 0.686 bits per heavy atom. The van der Waals surface area contributed by atoms with Crippen molar-refractivity contribution < 1.29 is 15.0 Å². The predicted molar refractivity (Wildman–Crippen MR) is 132 cm³/mol. The van der Waals surface area contributed by atoms with Crippen LogP contribution in [0.4, 0.5) is 17.1 Å². The molecule has 0 saturated carbocycles. The fraction of sp³-hybridized carbons (Fsp3) is 0.111. The zero-order chi connectivity index (χ0) is 24.5. The number of nitro groups is 2. The van der Waals surface area contributed by atoms with Crippen LogP contribution in [-0.4, -0.2) is 15.0 Å². The third-order valence-electron chi connectivity index (χ3n) is 6.28. The second-order valence-corrected chi connectivity index (χ2v) is 8.46. The van der Waals surface area contributed by atoms with Gasteiger partial charge in [-0.3, -0.25) is 20.2 Å². The molecule has 0 amide bonds. The largest absolute Gasteiger partial charge is 0.384 e. The van der Waals surface area contributed by atoms with Gasteiger partial charge in [0.05, 0.1) is 9.85 Å². The molecule has 4 aromatic rings. The predicted octanol–water partition coefficient (Wildman–Crippen LogP) is 5.77. The number of anilines is 1. The zero-order valence-corrected chi connectivity index (χ0v) is 18.6. The normalized spacial score (nSPS) is 13.7. The molecule has 8 nitrogen and oxygen atoms in total. The Hall–Kier alpha value is -4.56. The first-order valence-corrected chi connectivity index (χ1v) is 11.0. The molecular formula is C27H21N3O5. The van der Waals surface area contributed by atoms with Crippen LogP contribution in [0.1, 0.15) is 28.4 Å². The van der Waals surface area contributed by atoms with Crippen molar-refractivity contribution in [2.24, 2.45) is 0 Å². The highest BCUT2D eigenvalue weighted by Crippen LogP contribution is 2.44. The van der Waals surface area contributed by atoms with E-state index >= 15 is 0 Å². The maximum absolute atomic E-state index is 11.0. The number of aliphatic hydroxyl groups excluding tert-OH is 1. The molecule has 0 spiro atoms. The number of benzene rings is 4. The number of aliphatic hydroxyl groups is 1. The fourth-order valence-electron chi connectivity index (χ4n) is 4.49. The molecule has 0 saturated heterocycles. The van der Waals surface area contributed by atoms with Gasteiger partial charge in [-0.25, -0.2) is 0 Å². The van der Waals surface area contributed by atoms with E-state index in [0.717, 1.165) is 39.1 Å². The first kappa shape index (κ1) is 22.2. The van der Waals surface area contributed by atoms with E-state index < -0.39 is 16.0 Å². The zero-order valence-electron chi connectivity index (χ0n) is 18.6. The van der Waals surface area contributed by atoms with Gasteiger partial charge < -0.3 is 10.0 Å². The minimum atomic E-state index is -0.721. The van der Waals surface area contributed by atoms with Gasteiger partial charge in [-0.2, -0.15) is 0 Å². The van der Waals surface area contributed by atoms with Crippen LogP contribution in [0.2, 0.25) is 0 Å². The van der Waals surface area contributed by atoms with Crippen LogP contribution < -0.4 is 4.90 Å². The van der Waals surface area contributed by atoms with E-state index in [4.69, 9.17) is 0 Å². The SMILES string of the molecule is O=[N+]([O-])c1ccc(CN(Cc2ccc([N+](=O)[O-])cc2)c2ccc3c(c2)[C@@H](O)c2ccccc2-3)cc1. The van der Waals surface area contributed by atoms with Crippen molar-refractivity contribution in [2.75, 3.05) is 4.90 Å². The third kappa shape index (κ3) is 4.34. The van der Waals surface area contributed by atoms with Crippen molar-refractivity contribution in [3.63, 3.8) is 0 Å². The second-order valence-electron chi connectivity index (χ2n) is 8.46. The molecule has 0 aromatic heterocycles. The van der Waals surface area contributed by atoms with Gasteiger partial charge in [0.15, 0.2) is 0 Å². The Bertz CT molecular complexity index is 1360. The molecule has 0 aliphatic heterocycles. The number of fused-ring (bicyclic) bond motifs is 3. The van der Waals surface area contributed by atoms with E-state index in [1.807, 2.05) is 42.5 Å². The van der Waals surface area contributed by atoms with Gasteiger partial charge in [0.1, 0.15) is 6.10 Å². The van der Waals surface area contributed by atoms with E-state index in [9.17, 15) is 25.3 Å². The number of hydrogen-bond acceptors (Lipinski definition) is 6. The quantitative estimate of drug-likeness (QED) is 0.273. The summed E-state index contributed by atoms with van der Waals surface area (Å²) in [4.78, 5) is 23.3. The van der Waals surface area contributed by atoms with Crippen molar-refractivity contribution in [1.29, 1.82) is 0 Å². The smallest absolute Gasteiger partial charge is 0.269 e. The van der Waals surface area contributed by atoms with Gasteiger partial charge in [0.25, 0.3) is 11.4 Å². The summed E-state index contributed by atoms with van der Waals surface area (Å²) in [5.41, 5.74) is 6.36. The molecule has 0 fully saturated rings. The van der Waals surface area contributed by atoms with E-state index in [1.54, 1.807) is 24.3 Å². The maximum atomic E-state index is 11.0. The van der Waals surface area contributed by atoms with Crippen LogP contribution in [0.5, 0.6) is 0 Å². The van der Waals surface area contributed by atoms with E-state index in [0.29, 0.717) is 13.1 Å². The first-order valence-electron chi connectivity index (χ1n) is 11.0. The van der Waals surface area contributed by atoms with E-state index in [-0.39, 0.29) is 11.4 Å². The Morgan fingerprint density at radius 3 is 1.74 bits per heavy atom. The van der Waals surface area contributed by atoms with Gasteiger partial charge >= 0.3 is 0 Å². The van der Waals surface area contributed by atoms with Crippen LogP contribution in [0.15, 0.2) is 91.0 Å². The Balaban J connectivity index is 1.49. The summed E-state index contributed by atoms with van der Waals surface area (Å²) in [5, 5.41) is 33.0. The van der Waals surface area contributed by atoms with Crippen molar-refractivity contribution >= 4 is 17.1 Å². The van der Waals surface area contributed by atoms with Crippen LogP contribution >= 0.6 is 0 Å². The highest BCUT2D eigenvalue weighted by atomic mass is 16.6. The summed E-state index contributed by atoms with van der Waals surface area (Å²) in [6.07, 6.45) is -0.721. The van der Waals surface area contributed by atoms with E-state index in [2.05, 4.69) is 4.90 Å². The minimum Gasteiger partial charge on any atom is -0.384 e. The number of hydrogen-bond donors (Lipinski definition) is 1. The molecule has 1 aliphatic rings. The molecule has 0 bridgehead atoms. The monoisotopic (exact) mass is 467 g/mol. The molecular weight excluding hydrogens is 446 g/mol. The molecule has 1 N–H and O–H groups in total. The van der Waals surface area contributed by atoms with Crippen LogP contribution in [0.3, 0.4) is 0 Å². The van der Waals surface area contributed by atoms with Crippen molar-refractivity contribution in [3.05, 3.63) is 133 Å². The van der Waals surface area contributed by atoms with Crippen LogP contribution in [0, 0.1) is 20.2 Å².